The summed E-state index contributed by atoms with van der Waals surface area (Å²) < 4.78 is 6.56. The SMILES string of the molecule is Cc1cccc(C)c1COc1c(C)cc(Br)cc1C(=O)O. The molecular formula is C17H17BrO3. The van der Waals surface area contributed by atoms with Crippen LogP contribution in [0.5, 0.6) is 5.75 Å². The summed E-state index contributed by atoms with van der Waals surface area (Å²) in [5.74, 6) is -0.566. The lowest BCUT2D eigenvalue weighted by molar-refractivity contribution is 0.0691. The first-order valence-electron chi connectivity index (χ1n) is 6.61. The van der Waals surface area contributed by atoms with Crippen LogP contribution in [-0.4, -0.2) is 11.1 Å². The highest BCUT2D eigenvalue weighted by Gasteiger charge is 2.16. The number of aromatic carboxylic acids is 1. The molecule has 0 aliphatic rings. The fourth-order valence-corrected chi connectivity index (χ4v) is 2.87. The Bertz CT molecular complexity index is 672. The number of carboxylic acid groups (broad SMARTS) is 1. The first-order valence-corrected chi connectivity index (χ1v) is 7.40. The molecule has 0 amide bonds. The zero-order valence-corrected chi connectivity index (χ0v) is 13.8. The molecule has 0 heterocycles. The number of hydrogen-bond acceptors (Lipinski definition) is 2. The maximum atomic E-state index is 11.4. The minimum Gasteiger partial charge on any atom is -0.488 e. The fourth-order valence-electron chi connectivity index (χ4n) is 2.30. The van der Waals surface area contributed by atoms with Gasteiger partial charge in [-0.3, -0.25) is 0 Å². The van der Waals surface area contributed by atoms with E-state index in [9.17, 15) is 9.90 Å². The average molecular weight is 349 g/mol. The van der Waals surface area contributed by atoms with Gasteiger partial charge in [0.2, 0.25) is 0 Å². The Kier molecular flexibility index (Phi) is 4.68. The van der Waals surface area contributed by atoms with Crippen LogP contribution >= 0.6 is 15.9 Å². The molecule has 3 nitrogen and oxygen atoms in total. The second-order valence-corrected chi connectivity index (χ2v) is 5.98. The van der Waals surface area contributed by atoms with E-state index in [2.05, 4.69) is 15.9 Å². The summed E-state index contributed by atoms with van der Waals surface area (Å²) in [5.41, 5.74) is 4.35. The molecule has 0 aliphatic carbocycles. The van der Waals surface area contributed by atoms with E-state index in [1.807, 2.05) is 45.0 Å². The summed E-state index contributed by atoms with van der Waals surface area (Å²) in [7, 11) is 0. The van der Waals surface area contributed by atoms with Crippen molar-refractivity contribution in [1.29, 1.82) is 0 Å². The molecule has 0 aliphatic heterocycles. The molecule has 4 heteroatoms. The molecule has 21 heavy (non-hydrogen) atoms. The third-order valence-electron chi connectivity index (χ3n) is 3.48. The number of rotatable bonds is 4. The van der Waals surface area contributed by atoms with Crippen molar-refractivity contribution in [1.82, 2.24) is 0 Å². The van der Waals surface area contributed by atoms with Crippen molar-refractivity contribution in [2.45, 2.75) is 27.4 Å². The summed E-state index contributed by atoms with van der Waals surface area (Å²) in [5, 5.41) is 9.32. The summed E-state index contributed by atoms with van der Waals surface area (Å²) in [6.45, 7) is 6.26. The van der Waals surface area contributed by atoms with E-state index >= 15 is 0 Å². The Labute approximate surface area is 132 Å². The van der Waals surface area contributed by atoms with Crippen LogP contribution in [0.3, 0.4) is 0 Å². The number of carboxylic acids is 1. The van der Waals surface area contributed by atoms with Gasteiger partial charge in [-0.2, -0.15) is 0 Å². The quantitative estimate of drug-likeness (QED) is 0.874. The molecule has 0 bridgehead atoms. The Balaban J connectivity index is 2.34. The van der Waals surface area contributed by atoms with Gasteiger partial charge >= 0.3 is 5.97 Å². The normalized spacial score (nSPS) is 10.5. The smallest absolute Gasteiger partial charge is 0.339 e. The molecule has 0 radical (unpaired) electrons. The van der Waals surface area contributed by atoms with Crippen LogP contribution in [0.15, 0.2) is 34.8 Å². The van der Waals surface area contributed by atoms with Crippen molar-refractivity contribution in [3.63, 3.8) is 0 Å². The predicted octanol–water partition coefficient (Wildman–Crippen LogP) is 4.65. The molecule has 0 saturated heterocycles. The van der Waals surface area contributed by atoms with E-state index in [4.69, 9.17) is 4.74 Å². The molecule has 0 unspecified atom stereocenters. The number of aryl methyl sites for hydroxylation is 3. The first kappa shape index (κ1) is 15.6. The highest BCUT2D eigenvalue weighted by atomic mass is 79.9. The van der Waals surface area contributed by atoms with Gasteiger partial charge in [-0.1, -0.05) is 34.1 Å². The van der Waals surface area contributed by atoms with Crippen LogP contribution in [0, 0.1) is 20.8 Å². The molecule has 110 valence electrons. The minimum atomic E-state index is -0.990. The van der Waals surface area contributed by atoms with E-state index in [0.29, 0.717) is 12.4 Å². The minimum absolute atomic E-state index is 0.174. The van der Waals surface area contributed by atoms with Gasteiger partial charge in [-0.15, -0.1) is 0 Å². The van der Waals surface area contributed by atoms with Gasteiger partial charge in [-0.05, 0) is 55.2 Å². The largest absolute Gasteiger partial charge is 0.488 e. The van der Waals surface area contributed by atoms with E-state index in [1.165, 1.54) is 0 Å². The fraction of sp³-hybridized carbons (Fsp3) is 0.235. The molecule has 0 atom stereocenters. The third-order valence-corrected chi connectivity index (χ3v) is 3.93. The number of carbonyl (C=O) groups is 1. The standard InChI is InChI=1S/C17H17BrO3/c1-10-5-4-6-11(2)15(10)9-21-16-12(3)7-13(18)8-14(16)17(19)20/h4-8H,9H2,1-3H3,(H,19,20). The van der Waals surface area contributed by atoms with Gasteiger partial charge in [0.05, 0.1) is 0 Å². The Hall–Kier alpha value is -1.81. The van der Waals surface area contributed by atoms with Crippen molar-refractivity contribution in [3.05, 3.63) is 62.6 Å². The van der Waals surface area contributed by atoms with Gasteiger partial charge in [0.15, 0.2) is 0 Å². The first-order chi connectivity index (χ1) is 9.90. The van der Waals surface area contributed by atoms with Gasteiger partial charge < -0.3 is 9.84 Å². The average Bonchev–Trinajstić information content (AvgIpc) is 2.39. The van der Waals surface area contributed by atoms with Crippen LogP contribution in [0.25, 0.3) is 0 Å². The topological polar surface area (TPSA) is 46.5 Å². The maximum absolute atomic E-state index is 11.4. The monoisotopic (exact) mass is 348 g/mol. The lowest BCUT2D eigenvalue weighted by Gasteiger charge is -2.15. The summed E-state index contributed by atoms with van der Waals surface area (Å²) >= 11 is 3.32. The molecule has 0 saturated carbocycles. The molecular weight excluding hydrogens is 332 g/mol. The van der Waals surface area contributed by atoms with Crippen molar-refractivity contribution >= 4 is 21.9 Å². The zero-order valence-electron chi connectivity index (χ0n) is 12.2. The van der Waals surface area contributed by atoms with Gasteiger partial charge in [-0.25, -0.2) is 4.79 Å². The summed E-state index contributed by atoms with van der Waals surface area (Å²) in [6, 6.07) is 9.47. The van der Waals surface area contributed by atoms with Crippen LogP contribution in [0.1, 0.15) is 32.6 Å². The molecule has 0 aromatic heterocycles. The van der Waals surface area contributed by atoms with Gasteiger partial charge in [0.1, 0.15) is 17.9 Å². The van der Waals surface area contributed by atoms with Gasteiger partial charge in [0, 0.05) is 4.47 Å². The Morgan fingerprint density at radius 1 is 1.14 bits per heavy atom. The highest BCUT2D eigenvalue weighted by molar-refractivity contribution is 9.10. The van der Waals surface area contributed by atoms with Crippen LogP contribution in [-0.2, 0) is 6.61 Å². The molecule has 1 N–H and O–H groups in total. The Morgan fingerprint density at radius 2 is 1.76 bits per heavy atom. The molecule has 0 fully saturated rings. The number of halogens is 1. The molecule has 2 rings (SSSR count). The molecule has 2 aromatic rings. The lowest BCUT2D eigenvalue weighted by atomic mass is 10.0. The highest BCUT2D eigenvalue weighted by Crippen LogP contribution is 2.29. The van der Waals surface area contributed by atoms with Crippen molar-refractivity contribution in [2.24, 2.45) is 0 Å². The second kappa shape index (κ2) is 6.31. The number of ether oxygens (including phenoxy) is 1. The second-order valence-electron chi connectivity index (χ2n) is 5.06. The van der Waals surface area contributed by atoms with E-state index in [1.54, 1.807) is 6.07 Å². The van der Waals surface area contributed by atoms with Crippen molar-refractivity contribution in [2.75, 3.05) is 0 Å². The Morgan fingerprint density at radius 3 is 2.33 bits per heavy atom. The lowest BCUT2D eigenvalue weighted by Crippen LogP contribution is -2.07. The number of hydrogen-bond donors (Lipinski definition) is 1. The van der Waals surface area contributed by atoms with E-state index < -0.39 is 5.97 Å². The summed E-state index contributed by atoms with van der Waals surface area (Å²) in [4.78, 5) is 11.4. The van der Waals surface area contributed by atoms with Crippen LogP contribution in [0.4, 0.5) is 0 Å². The zero-order chi connectivity index (χ0) is 15.6. The third kappa shape index (κ3) is 3.45. The van der Waals surface area contributed by atoms with Crippen molar-refractivity contribution < 1.29 is 14.6 Å². The maximum Gasteiger partial charge on any atom is 0.339 e. The molecule has 0 spiro atoms. The summed E-state index contributed by atoms with van der Waals surface area (Å²) in [6.07, 6.45) is 0. The van der Waals surface area contributed by atoms with Crippen LogP contribution in [0.2, 0.25) is 0 Å². The van der Waals surface area contributed by atoms with Crippen molar-refractivity contribution in [3.8, 4) is 5.75 Å². The van der Waals surface area contributed by atoms with Gasteiger partial charge in [0.25, 0.3) is 0 Å². The van der Waals surface area contributed by atoms with E-state index in [0.717, 1.165) is 26.7 Å². The number of benzene rings is 2. The predicted molar refractivity (Wildman–Crippen MR) is 86.1 cm³/mol. The van der Waals surface area contributed by atoms with Crippen LogP contribution < -0.4 is 4.74 Å². The molecule has 2 aromatic carbocycles. The van der Waals surface area contributed by atoms with E-state index in [-0.39, 0.29) is 5.56 Å².